The van der Waals surface area contributed by atoms with Gasteiger partial charge in [0.2, 0.25) is 0 Å². The van der Waals surface area contributed by atoms with Crippen molar-refractivity contribution in [1.82, 2.24) is 20.2 Å². The van der Waals surface area contributed by atoms with E-state index < -0.39 is 30.3 Å². The maximum absolute atomic E-state index is 13.6. The molecule has 10 heteroatoms. The van der Waals surface area contributed by atoms with Gasteiger partial charge < -0.3 is 25.0 Å². The van der Waals surface area contributed by atoms with Gasteiger partial charge in [-0.25, -0.2) is 4.98 Å². The van der Waals surface area contributed by atoms with Gasteiger partial charge in [-0.1, -0.05) is 84.9 Å². The van der Waals surface area contributed by atoms with Crippen molar-refractivity contribution < 1.29 is 27.8 Å². The third-order valence-electron chi connectivity index (χ3n) is 8.19. The highest BCUT2D eigenvalue weighted by molar-refractivity contribution is 5.97. The van der Waals surface area contributed by atoms with E-state index in [1.807, 2.05) is 30.5 Å². The second-order valence-corrected chi connectivity index (χ2v) is 11.2. The van der Waals surface area contributed by atoms with Gasteiger partial charge in [0.1, 0.15) is 5.75 Å². The molecule has 4 aromatic carbocycles. The van der Waals surface area contributed by atoms with Crippen LogP contribution in [0.15, 0.2) is 110 Å². The van der Waals surface area contributed by atoms with Crippen LogP contribution >= 0.6 is 0 Å². The highest BCUT2D eigenvalue weighted by Crippen LogP contribution is 2.37. The Morgan fingerprint density at radius 1 is 0.957 bits per heavy atom. The number of amides is 1. The lowest BCUT2D eigenvalue weighted by Gasteiger charge is -2.29. The Hall–Kier alpha value is -4.93. The van der Waals surface area contributed by atoms with Gasteiger partial charge in [0.15, 0.2) is 0 Å². The fourth-order valence-electron chi connectivity index (χ4n) is 5.83. The van der Waals surface area contributed by atoms with Crippen molar-refractivity contribution in [1.29, 1.82) is 0 Å². The Bertz CT molecular complexity index is 1790. The Morgan fingerprint density at radius 2 is 1.70 bits per heavy atom. The first-order valence-electron chi connectivity index (χ1n) is 15.0. The zero-order valence-corrected chi connectivity index (χ0v) is 24.9. The zero-order chi connectivity index (χ0) is 32.1. The summed E-state index contributed by atoms with van der Waals surface area (Å²) in [5.74, 6) is -0.263. The summed E-state index contributed by atoms with van der Waals surface area (Å²) >= 11 is 0. The largest absolute Gasteiger partial charge is 0.492 e. The number of imidazole rings is 1. The molecule has 46 heavy (non-hydrogen) atoms. The first-order chi connectivity index (χ1) is 22.3. The highest BCUT2D eigenvalue weighted by Gasteiger charge is 2.35. The van der Waals surface area contributed by atoms with Crippen molar-refractivity contribution >= 4 is 5.91 Å². The number of fused-ring (bicyclic) bond motifs is 1. The molecular weight excluding hydrogens is 593 g/mol. The van der Waals surface area contributed by atoms with Crippen molar-refractivity contribution in [3.05, 3.63) is 143 Å². The lowest BCUT2D eigenvalue weighted by atomic mass is 9.96. The molecule has 2 heterocycles. The summed E-state index contributed by atoms with van der Waals surface area (Å²) in [5, 5.41) is 16.1. The minimum absolute atomic E-state index is 0.135. The number of rotatable bonds is 10. The molecule has 0 saturated heterocycles. The molecule has 2 atom stereocenters. The van der Waals surface area contributed by atoms with Crippen molar-refractivity contribution in [2.24, 2.45) is 0 Å². The van der Waals surface area contributed by atoms with Crippen LogP contribution in [0.3, 0.4) is 0 Å². The van der Waals surface area contributed by atoms with Gasteiger partial charge in [-0.15, -0.1) is 0 Å². The number of alkyl halides is 3. The number of para-hydroxylation sites is 1. The molecule has 2 unspecified atom stereocenters. The number of aromatic nitrogens is 2. The lowest BCUT2D eigenvalue weighted by molar-refractivity contribution is -0.138. The second kappa shape index (κ2) is 13.6. The van der Waals surface area contributed by atoms with E-state index >= 15 is 0 Å². The number of aliphatic hydroxyl groups is 1. The zero-order valence-electron chi connectivity index (χ0n) is 24.9. The number of carbonyl (C=O) groups is 1. The molecule has 1 aliphatic rings. The molecule has 5 aromatic rings. The predicted octanol–water partition coefficient (Wildman–Crippen LogP) is 6.69. The average Bonchev–Trinajstić information content (AvgIpc) is 3.52. The van der Waals surface area contributed by atoms with Crippen LogP contribution in [0, 0.1) is 0 Å². The van der Waals surface area contributed by atoms with Gasteiger partial charge in [-0.3, -0.25) is 4.79 Å². The number of nitrogens with one attached hydrogen (secondary N) is 2. The van der Waals surface area contributed by atoms with Gasteiger partial charge in [-0.05, 0) is 34.4 Å². The van der Waals surface area contributed by atoms with E-state index in [4.69, 9.17) is 4.74 Å². The lowest BCUT2D eigenvalue weighted by Crippen LogP contribution is -2.34. The molecular formula is C36H33F3N4O3. The Balaban J connectivity index is 1.14. The quantitative estimate of drug-likeness (QED) is 0.161. The second-order valence-electron chi connectivity index (χ2n) is 11.2. The average molecular weight is 627 g/mol. The maximum Gasteiger partial charge on any atom is 0.416 e. The monoisotopic (exact) mass is 626 g/mol. The molecule has 0 radical (unpaired) electrons. The highest BCUT2D eigenvalue weighted by atomic mass is 19.4. The fourth-order valence-corrected chi connectivity index (χ4v) is 5.83. The van der Waals surface area contributed by atoms with Crippen LogP contribution in [0.25, 0.3) is 11.1 Å². The maximum atomic E-state index is 13.6. The summed E-state index contributed by atoms with van der Waals surface area (Å²) < 4.78 is 48.9. The Kier molecular flexibility index (Phi) is 9.18. The summed E-state index contributed by atoms with van der Waals surface area (Å²) in [5.41, 5.74) is 4.30. The van der Waals surface area contributed by atoms with Crippen LogP contribution in [-0.4, -0.2) is 33.8 Å². The number of hydrogen-bond acceptors (Lipinski definition) is 5. The summed E-state index contributed by atoms with van der Waals surface area (Å²) in [4.78, 5) is 17.7. The van der Waals surface area contributed by atoms with Gasteiger partial charge >= 0.3 is 6.18 Å². The summed E-state index contributed by atoms with van der Waals surface area (Å²) in [6.45, 7) is 0.819. The summed E-state index contributed by atoms with van der Waals surface area (Å²) in [7, 11) is 0. The van der Waals surface area contributed by atoms with Crippen LogP contribution in [-0.2, 0) is 19.3 Å². The smallest absolute Gasteiger partial charge is 0.416 e. The third kappa shape index (κ3) is 6.83. The van der Waals surface area contributed by atoms with E-state index in [9.17, 15) is 23.1 Å². The number of benzene rings is 4. The summed E-state index contributed by atoms with van der Waals surface area (Å²) in [6.07, 6.45) is -0.351. The van der Waals surface area contributed by atoms with Crippen LogP contribution in [0.5, 0.6) is 5.75 Å². The SMILES string of the molecule is O=C(NC(CO)c1ccccc1C(F)(F)F)c1cccc2c1OCCC2NCc1cncn1Cc1ccc(-c2ccccc2)cc1. The minimum Gasteiger partial charge on any atom is -0.492 e. The third-order valence-corrected chi connectivity index (χ3v) is 8.19. The van der Waals surface area contributed by atoms with Crippen molar-refractivity contribution in [3.63, 3.8) is 0 Å². The van der Waals surface area contributed by atoms with E-state index in [-0.39, 0.29) is 17.2 Å². The van der Waals surface area contributed by atoms with Crippen molar-refractivity contribution in [2.45, 2.75) is 37.8 Å². The van der Waals surface area contributed by atoms with Gasteiger partial charge in [-0.2, -0.15) is 13.2 Å². The molecule has 236 valence electrons. The molecule has 1 amide bonds. The summed E-state index contributed by atoms with van der Waals surface area (Å²) in [6, 6.07) is 27.3. The number of nitrogens with zero attached hydrogens (tertiary/aromatic N) is 2. The van der Waals surface area contributed by atoms with Crippen molar-refractivity contribution in [2.75, 3.05) is 13.2 Å². The fraction of sp³-hybridized carbons (Fsp3) is 0.222. The topological polar surface area (TPSA) is 88.4 Å². The van der Waals surface area contributed by atoms with Gasteiger partial charge in [0.05, 0.1) is 42.4 Å². The van der Waals surface area contributed by atoms with Crippen LogP contribution in [0.4, 0.5) is 13.2 Å². The van der Waals surface area contributed by atoms with E-state index in [1.54, 1.807) is 18.5 Å². The number of halogens is 3. The molecule has 6 rings (SSSR count). The molecule has 7 nitrogen and oxygen atoms in total. The molecule has 0 aliphatic carbocycles. The van der Waals surface area contributed by atoms with Gasteiger partial charge in [0, 0.05) is 37.3 Å². The number of ether oxygens (including phenoxy) is 1. The molecule has 1 aliphatic heterocycles. The molecule has 3 N–H and O–H groups in total. The van der Waals surface area contributed by atoms with Crippen LogP contribution in [0.2, 0.25) is 0 Å². The molecule has 1 aromatic heterocycles. The number of aliphatic hydroxyl groups excluding tert-OH is 1. The molecule has 0 saturated carbocycles. The Labute approximate surface area is 264 Å². The first-order valence-corrected chi connectivity index (χ1v) is 15.0. The molecule has 0 spiro atoms. The van der Waals surface area contributed by atoms with Crippen molar-refractivity contribution in [3.8, 4) is 16.9 Å². The Morgan fingerprint density at radius 3 is 2.46 bits per heavy atom. The number of hydrogen-bond donors (Lipinski definition) is 3. The standard InChI is InChI=1S/C36H33F3N4O3/c37-36(38,39)31-12-5-4-9-28(31)33(22-44)42-35(45)30-11-6-10-29-32(17-18-46-34(29)30)41-20-27-19-40-23-43(27)21-24-13-15-26(16-14-24)25-7-2-1-3-8-25/h1-16,19,23,32-33,41,44H,17-18,20-22H2,(H,42,45). The molecule has 0 fully saturated rings. The van der Waals surface area contributed by atoms with E-state index in [0.717, 1.165) is 28.5 Å². The normalized spacial score (nSPS) is 15.1. The first kappa shape index (κ1) is 31.1. The van der Waals surface area contributed by atoms with E-state index in [1.165, 1.54) is 23.8 Å². The van der Waals surface area contributed by atoms with Crippen LogP contribution < -0.4 is 15.4 Å². The van der Waals surface area contributed by atoms with E-state index in [2.05, 4.69) is 56.6 Å². The molecule has 0 bridgehead atoms. The minimum atomic E-state index is -4.63. The van der Waals surface area contributed by atoms with Gasteiger partial charge in [0.25, 0.3) is 5.91 Å². The predicted molar refractivity (Wildman–Crippen MR) is 168 cm³/mol. The van der Waals surface area contributed by atoms with E-state index in [0.29, 0.717) is 31.9 Å². The number of carbonyl (C=O) groups excluding carboxylic acids is 1. The van der Waals surface area contributed by atoms with Crippen LogP contribution in [0.1, 0.15) is 56.8 Å².